The van der Waals surface area contributed by atoms with Gasteiger partial charge in [-0.05, 0) is 45.3 Å². The standard InChI is InChI=1S/C22H26N4O/c1-5-19(21-13-9-10-14-23-21)17-24-18(2)26(16-15-25(3)4)22(27)20-11-7-6-8-12-20/h5-14,17H,2,15-16H2,1,3-4H3/b19-5+,24-17-. The van der Waals surface area contributed by atoms with Crippen LogP contribution in [0.3, 0.4) is 0 Å². The van der Waals surface area contributed by atoms with Crippen LogP contribution >= 0.6 is 0 Å². The summed E-state index contributed by atoms with van der Waals surface area (Å²) in [4.78, 5) is 25.4. The number of carbonyl (C=O) groups excluding carboxylic acids is 1. The van der Waals surface area contributed by atoms with Crippen LogP contribution in [-0.2, 0) is 0 Å². The molecule has 0 atom stereocenters. The van der Waals surface area contributed by atoms with E-state index in [1.807, 2.05) is 68.4 Å². The molecule has 5 nitrogen and oxygen atoms in total. The van der Waals surface area contributed by atoms with Crippen LogP contribution in [0.2, 0.25) is 0 Å². The molecule has 0 aliphatic carbocycles. The van der Waals surface area contributed by atoms with Gasteiger partial charge >= 0.3 is 0 Å². The van der Waals surface area contributed by atoms with Crippen LogP contribution in [-0.4, -0.2) is 54.1 Å². The first-order valence-electron chi connectivity index (χ1n) is 8.85. The lowest BCUT2D eigenvalue weighted by atomic mass is 10.2. The minimum absolute atomic E-state index is 0.112. The van der Waals surface area contributed by atoms with Crippen molar-refractivity contribution in [1.29, 1.82) is 0 Å². The van der Waals surface area contributed by atoms with Crippen molar-refractivity contribution in [3.8, 4) is 0 Å². The first-order chi connectivity index (χ1) is 13.0. The molecule has 1 aromatic carbocycles. The number of pyridine rings is 1. The summed E-state index contributed by atoms with van der Waals surface area (Å²) in [6, 6.07) is 14.9. The maximum atomic E-state index is 12.9. The van der Waals surface area contributed by atoms with Gasteiger partial charge in [0.25, 0.3) is 5.91 Å². The average molecular weight is 362 g/mol. The van der Waals surface area contributed by atoms with Crippen molar-refractivity contribution >= 4 is 17.7 Å². The summed E-state index contributed by atoms with van der Waals surface area (Å²) in [6.07, 6.45) is 5.37. The summed E-state index contributed by atoms with van der Waals surface area (Å²) in [7, 11) is 3.94. The van der Waals surface area contributed by atoms with Gasteiger partial charge in [-0.2, -0.15) is 0 Å². The number of nitrogens with zero attached hydrogens (tertiary/aromatic N) is 4. The van der Waals surface area contributed by atoms with E-state index in [-0.39, 0.29) is 5.91 Å². The number of aliphatic imine (C=N–C) groups is 1. The highest BCUT2D eigenvalue weighted by Crippen LogP contribution is 2.14. The van der Waals surface area contributed by atoms with Gasteiger partial charge in [0.15, 0.2) is 0 Å². The molecule has 2 rings (SSSR count). The summed E-state index contributed by atoms with van der Waals surface area (Å²) in [5.41, 5.74) is 2.31. The first-order valence-corrected chi connectivity index (χ1v) is 8.85. The van der Waals surface area contributed by atoms with Gasteiger partial charge in [-0.1, -0.05) is 36.9 Å². The number of rotatable bonds is 8. The molecule has 0 aliphatic rings. The SMILES string of the molecule is C=C(/N=C\C(=C/C)c1ccccn1)N(CCN(C)C)C(=O)c1ccccc1. The van der Waals surface area contributed by atoms with Crippen LogP contribution < -0.4 is 0 Å². The number of hydrogen-bond acceptors (Lipinski definition) is 4. The zero-order valence-electron chi connectivity index (χ0n) is 16.2. The van der Waals surface area contributed by atoms with Crippen molar-refractivity contribution in [2.24, 2.45) is 4.99 Å². The molecule has 1 heterocycles. The quantitative estimate of drug-likeness (QED) is 0.672. The smallest absolute Gasteiger partial charge is 0.259 e. The lowest BCUT2D eigenvalue weighted by Gasteiger charge is -2.24. The fourth-order valence-corrected chi connectivity index (χ4v) is 2.42. The molecule has 0 saturated carbocycles. The topological polar surface area (TPSA) is 48.8 Å². The predicted octanol–water partition coefficient (Wildman–Crippen LogP) is 3.73. The maximum Gasteiger partial charge on any atom is 0.259 e. The van der Waals surface area contributed by atoms with E-state index in [9.17, 15) is 4.79 Å². The highest BCUT2D eigenvalue weighted by molar-refractivity contribution is 6.09. The normalized spacial score (nSPS) is 11.8. The fraction of sp³-hybridized carbons (Fsp3) is 0.227. The molecular formula is C22H26N4O. The Hall–Kier alpha value is -3.05. The predicted molar refractivity (Wildman–Crippen MR) is 112 cm³/mol. The molecule has 0 N–H and O–H groups in total. The van der Waals surface area contributed by atoms with Gasteiger partial charge in [-0.15, -0.1) is 0 Å². The number of hydrogen-bond donors (Lipinski definition) is 0. The Balaban J connectivity index is 2.21. The summed E-state index contributed by atoms with van der Waals surface area (Å²) < 4.78 is 0. The first kappa shape index (κ1) is 20.3. The molecule has 0 bridgehead atoms. The average Bonchev–Trinajstić information content (AvgIpc) is 2.69. The van der Waals surface area contributed by atoms with Crippen LogP contribution in [0.4, 0.5) is 0 Å². The summed E-state index contributed by atoms with van der Waals surface area (Å²) in [5.74, 6) is 0.292. The number of carbonyl (C=O) groups is 1. The van der Waals surface area contributed by atoms with Gasteiger partial charge in [0.1, 0.15) is 5.82 Å². The van der Waals surface area contributed by atoms with Gasteiger partial charge < -0.3 is 4.90 Å². The largest absolute Gasteiger partial charge is 0.308 e. The van der Waals surface area contributed by atoms with E-state index < -0.39 is 0 Å². The molecular weight excluding hydrogens is 336 g/mol. The minimum atomic E-state index is -0.112. The molecule has 0 aliphatic heterocycles. The Labute approximate surface area is 161 Å². The van der Waals surface area contributed by atoms with E-state index in [4.69, 9.17) is 0 Å². The molecule has 0 spiro atoms. The highest BCUT2D eigenvalue weighted by atomic mass is 16.2. The van der Waals surface area contributed by atoms with E-state index in [1.165, 1.54) is 0 Å². The lowest BCUT2D eigenvalue weighted by molar-refractivity contribution is 0.0796. The second-order valence-electron chi connectivity index (χ2n) is 6.26. The number of benzene rings is 1. The molecule has 1 amide bonds. The molecule has 0 unspecified atom stereocenters. The Morgan fingerprint density at radius 2 is 1.81 bits per heavy atom. The van der Waals surface area contributed by atoms with Gasteiger partial charge in [0, 0.05) is 36.6 Å². The molecule has 0 fully saturated rings. The van der Waals surface area contributed by atoms with Crippen molar-refractivity contribution in [2.75, 3.05) is 27.2 Å². The number of aromatic nitrogens is 1. The number of likely N-dealkylation sites (N-methyl/N-ethyl adjacent to an activating group) is 1. The third-order valence-electron chi connectivity index (χ3n) is 3.97. The summed E-state index contributed by atoms with van der Waals surface area (Å²) >= 11 is 0. The maximum absolute atomic E-state index is 12.9. The third-order valence-corrected chi connectivity index (χ3v) is 3.97. The second kappa shape index (κ2) is 10.2. The van der Waals surface area contributed by atoms with Crippen molar-refractivity contribution in [1.82, 2.24) is 14.8 Å². The Morgan fingerprint density at radius 1 is 1.11 bits per heavy atom. The van der Waals surface area contributed by atoms with Crippen molar-refractivity contribution in [3.05, 3.63) is 84.5 Å². The second-order valence-corrected chi connectivity index (χ2v) is 6.26. The van der Waals surface area contributed by atoms with Crippen LogP contribution in [0, 0.1) is 0 Å². The molecule has 27 heavy (non-hydrogen) atoms. The van der Waals surface area contributed by atoms with Gasteiger partial charge in [-0.3, -0.25) is 14.7 Å². The van der Waals surface area contributed by atoms with Crippen LogP contribution in [0.5, 0.6) is 0 Å². The number of amides is 1. The summed E-state index contributed by atoms with van der Waals surface area (Å²) in [6.45, 7) is 7.17. The van der Waals surface area contributed by atoms with E-state index in [0.717, 1.165) is 11.3 Å². The highest BCUT2D eigenvalue weighted by Gasteiger charge is 2.18. The zero-order valence-corrected chi connectivity index (χ0v) is 16.2. The summed E-state index contributed by atoms with van der Waals surface area (Å²) in [5, 5.41) is 0. The molecule has 140 valence electrons. The van der Waals surface area contributed by atoms with E-state index >= 15 is 0 Å². The molecule has 2 aromatic rings. The Bertz CT molecular complexity index is 811. The molecule has 0 saturated heterocycles. The van der Waals surface area contributed by atoms with Gasteiger partial charge in [0.2, 0.25) is 0 Å². The Morgan fingerprint density at radius 3 is 2.41 bits per heavy atom. The fourth-order valence-electron chi connectivity index (χ4n) is 2.42. The van der Waals surface area contributed by atoms with Crippen molar-refractivity contribution < 1.29 is 4.79 Å². The van der Waals surface area contributed by atoms with Crippen molar-refractivity contribution in [3.63, 3.8) is 0 Å². The van der Waals surface area contributed by atoms with Crippen molar-refractivity contribution in [2.45, 2.75) is 6.92 Å². The monoisotopic (exact) mass is 362 g/mol. The zero-order chi connectivity index (χ0) is 19.6. The number of allylic oxidation sites excluding steroid dienone is 2. The molecule has 5 heteroatoms. The van der Waals surface area contributed by atoms with E-state index in [0.29, 0.717) is 24.5 Å². The van der Waals surface area contributed by atoms with Crippen LogP contribution in [0.1, 0.15) is 23.0 Å². The third kappa shape index (κ3) is 6.01. The van der Waals surface area contributed by atoms with Crippen LogP contribution in [0.15, 0.2) is 78.2 Å². The van der Waals surface area contributed by atoms with Gasteiger partial charge in [-0.25, -0.2) is 4.99 Å². The molecule has 1 aromatic heterocycles. The minimum Gasteiger partial charge on any atom is -0.308 e. The van der Waals surface area contributed by atoms with Gasteiger partial charge in [0.05, 0.1) is 5.69 Å². The lowest BCUT2D eigenvalue weighted by Crippen LogP contribution is -2.35. The van der Waals surface area contributed by atoms with E-state index in [1.54, 1.807) is 29.4 Å². The Kier molecular flexibility index (Phi) is 7.64. The van der Waals surface area contributed by atoms with Crippen LogP contribution in [0.25, 0.3) is 5.57 Å². The van der Waals surface area contributed by atoms with E-state index in [2.05, 4.69) is 16.6 Å². The molecule has 0 radical (unpaired) electrons.